The molecular weight excluding hydrogens is 238 g/mol. The van der Waals surface area contributed by atoms with Gasteiger partial charge in [0.1, 0.15) is 12.2 Å². The van der Waals surface area contributed by atoms with E-state index in [0.29, 0.717) is 5.52 Å². The van der Waals surface area contributed by atoms with Crippen molar-refractivity contribution < 1.29 is 22.4 Å². The van der Waals surface area contributed by atoms with Gasteiger partial charge in [-0.2, -0.15) is 13.2 Å². The minimum atomic E-state index is -4.56. The van der Waals surface area contributed by atoms with Crippen molar-refractivity contribution in [2.24, 2.45) is 0 Å². The van der Waals surface area contributed by atoms with Crippen LogP contribution in [-0.2, 0) is 0 Å². The molecular formula is C11H7F4NO. The number of nitrogens with one attached hydrogen (secondary N) is 1. The third-order valence-corrected chi connectivity index (χ3v) is 2.31. The van der Waals surface area contributed by atoms with Crippen LogP contribution in [0.5, 0.6) is 0 Å². The average Bonchev–Trinajstić information content (AvgIpc) is 2.57. The normalized spacial score (nSPS) is 12.0. The molecule has 2 nitrogen and oxygen atoms in total. The largest absolute Gasteiger partial charge is 0.396 e. The number of H-pyrrole nitrogens is 1. The van der Waals surface area contributed by atoms with E-state index in [1.54, 1.807) is 0 Å². The maximum atomic E-state index is 12.9. The zero-order valence-corrected chi connectivity index (χ0v) is 8.44. The van der Waals surface area contributed by atoms with Gasteiger partial charge in [-0.3, -0.25) is 4.79 Å². The number of carbonyl (C=O) groups excluding carboxylic acids is 1. The van der Waals surface area contributed by atoms with Crippen molar-refractivity contribution in [1.82, 2.24) is 4.98 Å². The maximum Gasteiger partial charge on any atom is 0.396 e. The fourth-order valence-electron chi connectivity index (χ4n) is 1.60. The first-order chi connectivity index (χ1) is 7.87. The highest BCUT2D eigenvalue weighted by Crippen LogP contribution is 2.26. The first-order valence-electron chi connectivity index (χ1n) is 4.73. The Morgan fingerprint density at radius 1 is 1.29 bits per heavy atom. The highest BCUT2D eigenvalue weighted by atomic mass is 19.4. The van der Waals surface area contributed by atoms with Gasteiger partial charge in [-0.05, 0) is 18.2 Å². The Hall–Kier alpha value is -1.85. The third kappa shape index (κ3) is 2.46. The molecule has 0 bridgehead atoms. The van der Waals surface area contributed by atoms with Crippen LogP contribution in [0.2, 0.25) is 0 Å². The lowest BCUT2D eigenvalue weighted by Gasteiger charge is -2.04. The molecule has 17 heavy (non-hydrogen) atoms. The lowest BCUT2D eigenvalue weighted by Crippen LogP contribution is -2.14. The van der Waals surface area contributed by atoms with Crippen molar-refractivity contribution in [2.45, 2.75) is 12.6 Å². The second-order valence-electron chi connectivity index (χ2n) is 3.61. The predicted octanol–water partition coefficient (Wildman–Crippen LogP) is 3.44. The zero-order valence-electron chi connectivity index (χ0n) is 8.44. The molecule has 0 radical (unpaired) electrons. The third-order valence-electron chi connectivity index (χ3n) is 2.31. The van der Waals surface area contributed by atoms with Gasteiger partial charge >= 0.3 is 6.18 Å². The molecule has 0 amide bonds. The molecule has 0 saturated heterocycles. The van der Waals surface area contributed by atoms with Gasteiger partial charge in [0, 0.05) is 22.7 Å². The number of benzene rings is 1. The van der Waals surface area contributed by atoms with Crippen molar-refractivity contribution in [3.05, 3.63) is 35.8 Å². The van der Waals surface area contributed by atoms with E-state index in [-0.39, 0.29) is 10.9 Å². The molecule has 0 unspecified atom stereocenters. The molecule has 6 heteroatoms. The number of aromatic nitrogens is 1. The fourth-order valence-corrected chi connectivity index (χ4v) is 1.60. The van der Waals surface area contributed by atoms with E-state index < -0.39 is 24.2 Å². The fraction of sp³-hybridized carbons (Fsp3) is 0.182. The molecule has 0 spiro atoms. The van der Waals surface area contributed by atoms with Crippen LogP contribution < -0.4 is 0 Å². The van der Waals surface area contributed by atoms with E-state index in [4.69, 9.17) is 0 Å². The molecule has 2 aromatic rings. The predicted molar refractivity (Wildman–Crippen MR) is 53.3 cm³/mol. The minimum absolute atomic E-state index is 0.142. The van der Waals surface area contributed by atoms with E-state index in [1.807, 2.05) is 0 Å². The lowest BCUT2D eigenvalue weighted by molar-refractivity contribution is -0.125. The van der Waals surface area contributed by atoms with Crippen molar-refractivity contribution in [3.63, 3.8) is 0 Å². The molecule has 1 aromatic carbocycles. The Labute approximate surface area is 93.2 Å². The smallest absolute Gasteiger partial charge is 0.360 e. The van der Waals surface area contributed by atoms with Crippen LogP contribution in [0.25, 0.3) is 10.9 Å². The monoisotopic (exact) mass is 245 g/mol. The molecule has 1 aromatic heterocycles. The standard InChI is InChI=1S/C11H7F4NO/c12-6-1-2-9-7(3-6)8(5-16-9)10(17)4-11(13,14)15/h1-3,5,16H,4H2. The number of hydrogen-bond donors (Lipinski definition) is 1. The number of fused-ring (bicyclic) bond motifs is 1. The summed E-state index contributed by atoms with van der Waals surface area (Å²) < 4.78 is 49.2. The lowest BCUT2D eigenvalue weighted by atomic mass is 10.1. The number of halogens is 4. The molecule has 90 valence electrons. The Morgan fingerprint density at radius 2 is 2.00 bits per heavy atom. The van der Waals surface area contributed by atoms with E-state index in [2.05, 4.69) is 4.98 Å². The Bertz CT molecular complexity index is 570. The summed E-state index contributed by atoms with van der Waals surface area (Å²) >= 11 is 0. The molecule has 1 N–H and O–H groups in total. The molecule has 0 atom stereocenters. The first-order valence-corrected chi connectivity index (χ1v) is 4.73. The van der Waals surface area contributed by atoms with E-state index in [0.717, 1.165) is 18.3 Å². The number of alkyl halides is 3. The number of aromatic amines is 1. The minimum Gasteiger partial charge on any atom is -0.360 e. The van der Waals surface area contributed by atoms with E-state index in [9.17, 15) is 22.4 Å². The molecule has 0 aliphatic rings. The Kier molecular flexibility index (Phi) is 2.65. The SMILES string of the molecule is O=C(CC(F)(F)F)c1c[nH]c2ccc(F)cc12. The van der Waals surface area contributed by atoms with Gasteiger partial charge in [0.2, 0.25) is 0 Å². The van der Waals surface area contributed by atoms with Gasteiger partial charge in [-0.1, -0.05) is 0 Å². The molecule has 0 fully saturated rings. The summed E-state index contributed by atoms with van der Waals surface area (Å²) in [5, 5.41) is 0.166. The van der Waals surface area contributed by atoms with Crippen LogP contribution in [0.1, 0.15) is 16.8 Å². The van der Waals surface area contributed by atoms with Gasteiger partial charge < -0.3 is 4.98 Å². The first kappa shape index (κ1) is 11.6. The van der Waals surface area contributed by atoms with Crippen molar-refractivity contribution in [1.29, 1.82) is 0 Å². The molecule has 0 saturated carbocycles. The van der Waals surface area contributed by atoms with Crippen LogP contribution in [0.15, 0.2) is 24.4 Å². The topological polar surface area (TPSA) is 32.9 Å². The van der Waals surface area contributed by atoms with Gasteiger partial charge in [0.05, 0.1) is 0 Å². The average molecular weight is 245 g/mol. The van der Waals surface area contributed by atoms with Crippen molar-refractivity contribution in [2.75, 3.05) is 0 Å². The molecule has 2 rings (SSSR count). The molecule has 1 heterocycles. The second-order valence-corrected chi connectivity index (χ2v) is 3.61. The van der Waals surface area contributed by atoms with Crippen molar-refractivity contribution in [3.8, 4) is 0 Å². The van der Waals surface area contributed by atoms with Crippen LogP contribution >= 0.6 is 0 Å². The number of ketones is 1. The van der Waals surface area contributed by atoms with Crippen LogP contribution in [0, 0.1) is 5.82 Å². The highest BCUT2D eigenvalue weighted by Gasteiger charge is 2.32. The van der Waals surface area contributed by atoms with Gasteiger partial charge in [-0.25, -0.2) is 4.39 Å². The summed E-state index contributed by atoms with van der Waals surface area (Å²) in [7, 11) is 0. The van der Waals surface area contributed by atoms with Crippen LogP contribution in [-0.4, -0.2) is 16.9 Å². The number of Topliss-reactive ketones (excluding diaryl/α,β-unsaturated/α-hetero) is 1. The second kappa shape index (κ2) is 3.87. The summed E-state index contributed by atoms with van der Waals surface area (Å²) in [6, 6.07) is 3.57. The quantitative estimate of drug-likeness (QED) is 0.638. The summed E-state index contributed by atoms with van der Waals surface area (Å²) in [5.74, 6) is -1.67. The summed E-state index contributed by atoms with van der Waals surface area (Å²) in [6.07, 6.45) is -4.94. The van der Waals surface area contributed by atoms with Gasteiger partial charge in [0.25, 0.3) is 0 Å². The summed E-state index contributed by atoms with van der Waals surface area (Å²) in [4.78, 5) is 14.0. The van der Waals surface area contributed by atoms with Crippen molar-refractivity contribution >= 4 is 16.7 Å². The maximum absolute atomic E-state index is 12.9. The summed E-state index contributed by atoms with van der Waals surface area (Å²) in [5.41, 5.74) is 0.286. The Morgan fingerprint density at radius 3 is 2.65 bits per heavy atom. The highest BCUT2D eigenvalue weighted by molar-refractivity contribution is 6.08. The number of hydrogen-bond acceptors (Lipinski definition) is 1. The number of rotatable bonds is 2. The zero-order chi connectivity index (χ0) is 12.6. The molecule has 0 aliphatic carbocycles. The summed E-state index contributed by atoms with van der Waals surface area (Å²) in [6.45, 7) is 0. The van der Waals surface area contributed by atoms with Gasteiger partial charge in [0.15, 0.2) is 5.78 Å². The number of carbonyl (C=O) groups is 1. The van der Waals surface area contributed by atoms with E-state index >= 15 is 0 Å². The van der Waals surface area contributed by atoms with Crippen LogP contribution in [0.3, 0.4) is 0 Å². The van der Waals surface area contributed by atoms with Gasteiger partial charge in [-0.15, -0.1) is 0 Å². The van der Waals surface area contributed by atoms with Crippen LogP contribution in [0.4, 0.5) is 17.6 Å². The van der Waals surface area contributed by atoms with E-state index in [1.165, 1.54) is 6.07 Å². The Balaban J connectivity index is 2.42. The molecule has 0 aliphatic heterocycles.